The van der Waals surface area contributed by atoms with Gasteiger partial charge in [0.25, 0.3) is 0 Å². The number of hydrogen-bond acceptors (Lipinski definition) is 5. The molecular formula is C13H10Cl2N4O. The molecule has 20 heavy (non-hydrogen) atoms. The van der Waals surface area contributed by atoms with Crippen molar-refractivity contribution in [2.45, 2.75) is 6.54 Å². The third kappa shape index (κ3) is 2.69. The number of amidine groups is 1. The van der Waals surface area contributed by atoms with Crippen LogP contribution in [0.4, 0.5) is 5.82 Å². The zero-order valence-corrected chi connectivity index (χ0v) is 11.8. The van der Waals surface area contributed by atoms with Gasteiger partial charge in [-0.1, -0.05) is 29.3 Å². The number of rotatable bonds is 3. The standard InChI is InChI=1S/C13H10Cl2N4O/c14-8-2-1-3-10(12(8)15)20-7-11-18-6-9-13(19-11)17-5-4-16-9/h1-5H,6-7H2,(H,17,18,19). The van der Waals surface area contributed by atoms with E-state index in [0.717, 1.165) is 5.69 Å². The minimum absolute atomic E-state index is 0.260. The van der Waals surface area contributed by atoms with Crippen LogP contribution in [-0.4, -0.2) is 22.4 Å². The lowest BCUT2D eigenvalue weighted by Gasteiger charge is -2.17. The van der Waals surface area contributed by atoms with Crippen LogP contribution in [-0.2, 0) is 6.54 Å². The molecule has 0 saturated heterocycles. The van der Waals surface area contributed by atoms with Gasteiger partial charge in [0.2, 0.25) is 0 Å². The van der Waals surface area contributed by atoms with Gasteiger partial charge in [-0.2, -0.15) is 0 Å². The van der Waals surface area contributed by atoms with Crippen LogP contribution in [0, 0.1) is 0 Å². The molecule has 2 heterocycles. The third-order valence-electron chi connectivity index (χ3n) is 2.74. The van der Waals surface area contributed by atoms with Crippen LogP contribution in [0.1, 0.15) is 5.69 Å². The maximum Gasteiger partial charge on any atom is 0.155 e. The maximum absolute atomic E-state index is 6.05. The van der Waals surface area contributed by atoms with Crippen molar-refractivity contribution in [3.05, 3.63) is 46.3 Å². The summed E-state index contributed by atoms with van der Waals surface area (Å²) in [5.74, 6) is 1.90. The number of aliphatic imine (C=N–C) groups is 1. The summed E-state index contributed by atoms with van der Waals surface area (Å²) in [5, 5.41) is 3.93. The second-order valence-corrected chi connectivity index (χ2v) is 4.87. The molecule has 0 atom stereocenters. The first-order chi connectivity index (χ1) is 9.74. The summed E-state index contributed by atoms with van der Waals surface area (Å²) in [6.07, 6.45) is 3.27. The molecule has 0 unspecified atom stereocenters. The summed E-state index contributed by atoms with van der Waals surface area (Å²) in [4.78, 5) is 12.7. The molecule has 0 fully saturated rings. The molecule has 0 radical (unpaired) electrons. The average molecular weight is 309 g/mol. The molecule has 3 rings (SSSR count). The van der Waals surface area contributed by atoms with E-state index in [1.807, 2.05) is 0 Å². The fourth-order valence-electron chi connectivity index (χ4n) is 1.76. The van der Waals surface area contributed by atoms with Gasteiger partial charge in [-0.25, -0.2) is 4.98 Å². The van der Waals surface area contributed by atoms with Crippen LogP contribution >= 0.6 is 23.2 Å². The zero-order chi connectivity index (χ0) is 13.9. The Balaban J connectivity index is 1.68. The van der Waals surface area contributed by atoms with Gasteiger partial charge >= 0.3 is 0 Å². The smallest absolute Gasteiger partial charge is 0.155 e. The first kappa shape index (κ1) is 13.1. The zero-order valence-electron chi connectivity index (χ0n) is 10.3. The molecule has 0 aliphatic carbocycles. The van der Waals surface area contributed by atoms with E-state index in [-0.39, 0.29) is 6.61 Å². The number of halogens is 2. The van der Waals surface area contributed by atoms with Crippen LogP contribution in [0.2, 0.25) is 10.0 Å². The lowest BCUT2D eigenvalue weighted by molar-refractivity contribution is 0.376. The van der Waals surface area contributed by atoms with Crippen LogP contribution in [0.25, 0.3) is 0 Å². The minimum atomic E-state index is 0.260. The van der Waals surface area contributed by atoms with E-state index in [4.69, 9.17) is 27.9 Å². The lowest BCUT2D eigenvalue weighted by Crippen LogP contribution is -2.25. The summed E-state index contributed by atoms with van der Waals surface area (Å²) >= 11 is 12.0. The molecule has 1 N–H and O–H groups in total. The highest BCUT2D eigenvalue weighted by Crippen LogP contribution is 2.31. The van der Waals surface area contributed by atoms with E-state index in [0.29, 0.717) is 34.0 Å². The molecule has 5 nitrogen and oxygen atoms in total. The Kier molecular flexibility index (Phi) is 3.71. The second-order valence-electron chi connectivity index (χ2n) is 4.08. The highest BCUT2D eigenvalue weighted by Gasteiger charge is 2.14. The third-order valence-corrected chi connectivity index (χ3v) is 3.54. The van der Waals surface area contributed by atoms with E-state index in [2.05, 4.69) is 20.3 Å². The number of hydrogen-bond donors (Lipinski definition) is 1. The molecule has 7 heteroatoms. The van der Waals surface area contributed by atoms with E-state index in [1.165, 1.54) is 0 Å². The van der Waals surface area contributed by atoms with Gasteiger partial charge in [0.15, 0.2) is 5.82 Å². The quantitative estimate of drug-likeness (QED) is 0.946. The molecule has 0 amide bonds. The van der Waals surface area contributed by atoms with Gasteiger partial charge in [0.1, 0.15) is 28.9 Å². The topological polar surface area (TPSA) is 59.4 Å². The molecule has 0 saturated carbocycles. The predicted molar refractivity (Wildman–Crippen MR) is 78.8 cm³/mol. The van der Waals surface area contributed by atoms with E-state index >= 15 is 0 Å². The Hall–Kier alpha value is -1.85. The van der Waals surface area contributed by atoms with Crippen LogP contribution in [0.3, 0.4) is 0 Å². The van der Waals surface area contributed by atoms with Crippen molar-refractivity contribution in [3.8, 4) is 5.75 Å². The SMILES string of the molecule is Clc1cccc(OCC2=NCc3nccnc3N2)c1Cl. The van der Waals surface area contributed by atoms with Gasteiger partial charge < -0.3 is 10.1 Å². The monoisotopic (exact) mass is 308 g/mol. The number of aromatic nitrogens is 2. The molecular weight excluding hydrogens is 299 g/mol. The summed E-state index contributed by atoms with van der Waals surface area (Å²) in [6.45, 7) is 0.744. The summed E-state index contributed by atoms with van der Waals surface area (Å²) in [5.41, 5.74) is 0.817. The Labute approximate surface area is 125 Å². The van der Waals surface area contributed by atoms with E-state index < -0.39 is 0 Å². The van der Waals surface area contributed by atoms with Crippen LogP contribution < -0.4 is 10.1 Å². The fraction of sp³-hybridized carbons (Fsp3) is 0.154. The highest BCUT2D eigenvalue weighted by molar-refractivity contribution is 6.42. The van der Waals surface area contributed by atoms with Crippen LogP contribution in [0.15, 0.2) is 35.6 Å². The molecule has 2 aromatic rings. The maximum atomic E-state index is 6.05. The number of nitrogens with zero attached hydrogens (tertiary/aromatic N) is 3. The van der Waals surface area contributed by atoms with E-state index in [9.17, 15) is 0 Å². The summed E-state index contributed by atoms with van der Waals surface area (Å²) < 4.78 is 5.61. The van der Waals surface area contributed by atoms with Crippen molar-refractivity contribution in [3.63, 3.8) is 0 Å². The number of ether oxygens (including phenoxy) is 1. The van der Waals surface area contributed by atoms with Gasteiger partial charge in [-0.05, 0) is 12.1 Å². The van der Waals surface area contributed by atoms with Gasteiger partial charge in [-0.15, -0.1) is 0 Å². The Morgan fingerprint density at radius 2 is 2.05 bits per heavy atom. The number of benzene rings is 1. The Bertz CT molecular complexity index is 675. The molecule has 1 aliphatic heterocycles. The number of fused-ring (bicyclic) bond motifs is 1. The van der Waals surface area contributed by atoms with Gasteiger partial charge in [-0.3, -0.25) is 9.98 Å². The molecule has 0 bridgehead atoms. The molecule has 1 aromatic carbocycles. The van der Waals surface area contributed by atoms with Crippen molar-refractivity contribution < 1.29 is 4.74 Å². The first-order valence-corrected chi connectivity index (χ1v) is 6.66. The van der Waals surface area contributed by atoms with Crippen molar-refractivity contribution in [2.24, 2.45) is 4.99 Å². The fourth-order valence-corrected chi connectivity index (χ4v) is 2.10. The Morgan fingerprint density at radius 3 is 2.95 bits per heavy atom. The van der Waals surface area contributed by atoms with Gasteiger partial charge in [0, 0.05) is 12.4 Å². The largest absolute Gasteiger partial charge is 0.484 e. The average Bonchev–Trinajstić information content (AvgIpc) is 2.48. The summed E-state index contributed by atoms with van der Waals surface area (Å²) in [6, 6.07) is 5.24. The highest BCUT2D eigenvalue weighted by atomic mass is 35.5. The van der Waals surface area contributed by atoms with Crippen LogP contribution in [0.5, 0.6) is 5.75 Å². The number of nitrogens with one attached hydrogen (secondary N) is 1. The van der Waals surface area contributed by atoms with Crippen molar-refractivity contribution in [1.29, 1.82) is 0 Å². The normalized spacial score (nSPS) is 13.2. The first-order valence-electron chi connectivity index (χ1n) is 5.91. The molecule has 1 aliphatic rings. The Morgan fingerprint density at radius 1 is 1.20 bits per heavy atom. The minimum Gasteiger partial charge on any atom is -0.484 e. The van der Waals surface area contributed by atoms with Crippen molar-refractivity contribution >= 4 is 34.9 Å². The molecule has 102 valence electrons. The second kappa shape index (κ2) is 5.64. The predicted octanol–water partition coefficient (Wildman–Crippen LogP) is 3.19. The van der Waals surface area contributed by atoms with Crippen molar-refractivity contribution in [2.75, 3.05) is 11.9 Å². The summed E-state index contributed by atoms with van der Waals surface area (Å²) in [7, 11) is 0. The molecule has 0 spiro atoms. The lowest BCUT2D eigenvalue weighted by atomic mass is 10.3. The number of anilines is 1. The van der Waals surface area contributed by atoms with Crippen molar-refractivity contribution in [1.82, 2.24) is 9.97 Å². The molecule has 1 aromatic heterocycles. The van der Waals surface area contributed by atoms with E-state index in [1.54, 1.807) is 30.6 Å². The van der Waals surface area contributed by atoms with Gasteiger partial charge in [0.05, 0.1) is 11.6 Å².